The first-order valence-electron chi connectivity index (χ1n) is 6.65. The molecule has 2 rings (SSSR count). The number of hydrogen-bond donors (Lipinski definition) is 0. The molecule has 0 heterocycles. The average molecular weight is 289 g/mol. The fourth-order valence-electron chi connectivity index (χ4n) is 1.91. The summed E-state index contributed by atoms with van der Waals surface area (Å²) in [6.45, 7) is 3.85. The van der Waals surface area contributed by atoms with Gasteiger partial charge in [0.1, 0.15) is 5.75 Å². The van der Waals surface area contributed by atoms with Crippen molar-refractivity contribution in [3.8, 4) is 5.75 Å². The van der Waals surface area contributed by atoms with Gasteiger partial charge in [-0.25, -0.2) is 0 Å². The lowest BCUT2D eigenvalue weighted by Gasteiger charge is -2.14. The minimum Gasteiger partial charge on any atom is -0.483 e. The predicted octanol–water partition coefficient (Wildman–Crippen LogP) is 4.55. The molecule has 0 bridgehead atoms. The highest BCUT2D eigenvalue weighted by Gasteiger charge is 2.16. The van der Waals surface area contributed by atoms with E-state index < -0.39 is 6.10 Å². The fraction of sp³-hybridized carbons (Fsp3) is 0.235. The van der Waals surface area contributed by atoms with Crippen LogP contribution >= 0.6 is 11.6 Å². The van der Waals surface area contributed by atoms with Crippen molar-refractivity contribution in [1.29, 1.82) is 0 Å². The molecule has 1 atom stereocenters. The Bertz CT molecular complexity index is 573. The maximum absolute atomic E-state index is 12.2. The molecule has 0 saturated heterocycles. The fourth-order valence-corrected chi connectivity index (χ4v) is 2.04. The smallest absolute Gasteiger partial charge is 0.202 e. The van der Waals surface area contributed by atoms with E-state index in [2.05, 4.69) is 6.92 Å². The third kappa shape index (κ3) is 3.61. The number of halogens is 1. The van der Waals surface area contributed by atoms with Crippen LogP contribution in [0.2, 0.25) is 5.02 Å². The number of aryl methyl sites for hydroxylation is 1. The Balaban J connectivity index is 2.04. The van der Waals surface area contributed by atoms with Crippen LogP contribution in [-0.4, -0.2) is 11.9 Å². The van der Waals surface area contributed by atoms with Gasteiger partial charge in [-0.05, 0) is 55.3 Å². The monoisotopic (exact) mass is 288 g/mol. The highest BCUT2D eigenvalue weighted by atomic mass is 35.5. The zero-order chi connectivity index (χ0) is 14.5. The average Bonchev–Trinajstić information content (AvgIpc) is 2.48. The summed E-state index contributed by atoms with van der Waals surface area (Å²) in [4.78, 5) is 12.2. The van der Waals surface area contributed by atoms with Crippen molar-refractivity contribution in [2.75, 3.05) is 0 Å². The lowest BCUT2D eigenvalue weighted by atomic mass is 10.1. The van der Waals surface area contributed by atoms with Crippen LogP contribution in [0.5, 0.6) is 5.75 Å². The third-order valence-corrected chi connectivity index (χ3v) is 3.39. The molecule has 2 aromatic rings. The Morgan fingerprint density at radius 2 is 1.70 bits per heavy atom. The highest BCUT2D eigenvalue weighted by molar-refractivity contribution is 6.30. The second-order valence-electron chi connectivity index (χ2n) is 4.63. The Morgan fingerprint density at radius 3 is 2.25 bits per heavy atom. The molecule has 3 heteroatoms. The van der Waals surface area contributed by atoms with Crippen LogP contribution in [-0.2, 0) is 6.42 Å². The molecule has 2 aromatic carbocycles. The number of rotatable bonds is 5. The largest absolute Gasteiger partial charge is 0.483 e. The van der Waals surface area contributed by atoms with Crippen molar-refractivity contribution in [3.05, 3.63) is 64.7 Å². The molecule has 2 nitrogen and oxygen atoms in total. The molecule has 0 spiro atoms. The van der Waals surface area contributed by atoms with E-state index in [1.54, 1.807) is 31.2 Å². The van der Waals surface area contributed by atoms with E-state index in [4.69, 9.17) is 16.3 Å². The topological polar surface area (TPSA) is 26.3 Å². The molecule has 20 heavy (non-hydrogen) atoms. The number of ketones is 1. The standard InChI is InChI=1S/C17H17ClO2/c1-3-13-4-10-16(11-5-13)20-12(2)17(19)14-6-8-15(18)9-7-14/h4-12H,3H2,1-2H3. The summed E-state index contributed by atoms with van der Waals surface area (Å²) in [7, 11) is 0. The Labute approximate surface area is 124 Å². The molecule has 0 aliphatic carbocycles. The summed E-state index contributed by atoms with van der Waals surface area (Å²) in [5.74, 6) is 0.651. The Hall–Kier alpha value is -1.80. The first-order valence-corrected chi connectivity index (χ1v) is 7.03. The molecule has 0 N–H and O–H groups in total. The number of hydrogen-bond acceptors (Lipinski definition) is 2. The maximum Gasteiger partial charge on any atom is 0.202 e. The molecular weight excluding hydrogens is 272 g/mol. The predicted molar refractivity (Wildman–Crippen MR) is 81.7 cm³/mol. The summed E-state index contributed by atoms with van der Waals surface area (Å²) < 4.78 is 5.68. The first-order chi connectivity index (χ1) is 9.60. The zero-order valence-corrected chi connectivity index (χ0v) is 12.4. The molecule has 0 aliphatic rings. The van der Waals surface area contributed by atoms with Crippen LogP contribution in [0.25, 0.3) is 0 Å². The third-order valence-electron chi connectivity index (χ3n) is 3.14. The van der Waals surface area contributed by atoms with Gasteiger partial charge in [-0.2, -0.15) is 0 Å². The number of Topliss-reactive ketones (excluding diaryl/α,β-unsaturated/α-hetero) is 1. The molecule has 0 amide bonds. The maximum atomic E-state index is 12.2. The van der Waals surface area contributed by atoms with Gasteiger partial charge in [0.25, 0.3) is 0 Å². The van der Waals surface area contributed by atoms with Gasteiger partial charge in [0, 0.05) is 10.6 Å². The molecule has 0 aromatic heterocycles. The number of carbonyl (C=O) groups excluding carboxylic acids is 1. The van der Waals surface area contributed by atoms with E-state index >= 15 is 0 Å². The van der Waals surface area contributed by atoms with Crippen LogP contribution in [0.3, 0.4) is 0 Å². The molecule has 0 fully saturated rings. The second-order valence-corrected chi connectivity index (χ2v) is 5.07. The van der Waals surface area contributed by atoms with E-state index in [0.717, 1.165) is 6.42 Å². The van der Waals surface area contributed by atoms with Gasteiger partial charge in [-0.15, -0.1) is 0 Å². The van der Waals surface area contributed by atoms with Crippen molar-refractivity contribution in [3.63, 3.8) is 0 Å². The van der Waals surface area contributed by atoms with Crippen LogP contribution in [0.4, 0.5) is 0 Å². The van der Waals surface area contributed by atoms with Gasteiger partial charge in [0.15, 0.2) is 6.10 Å². The van der Waals surface area contributed by atoms with Crippen molar-refractivity contribution >= 4 is 17.4 Å². The van der Waals surface area contributed by atoms with Crippen LogP contribution < -0.4 is 4.74 Å². The molecule has 1 unspecified atom stereocenters. The van der Waals surface area contributed by atoms with Gasteiger partial charge in [-0.1, -0.05) is 30.7 Å². The van der Waals surface area contributed by atoms with Crippen LogP contribution in [0, 0.1) is 0 Å². The lowest BCUT2D eigenvalue weighted by Crippen LogP contribution is -2.23. The summed E-state index contributed by atoms with van der Waals surface area (Å²) in [6.07, 6.45) is 0.461. The van der Waals surface area contributed by atoms with E-state index in [0.29, 0.717) is 16.3 Å². The van der Waals surface area contributed by atoms with E-state index in [1.165, 1.54) is 5.56 Å². The first kappa shape index (κ1) is 14.6. The normalized spacial score (nSPS) is 11.9. The summed E-state index contributed by atoms with van der Waals surface area (Å²) in [5, 5.41) is 0.616. The van der Waals surface area contributed by atoms with Gasteiger partial charge in [0.05, 0.1) is 0 Å². The molecule has 0 radical (unpaired) electrons. The van der Waals surface area contributed by atoms with Crippen molar-refractivity contribution in [2.24, 2.45) is 0 Å². The molecule has 0 saturated carbocycles. The summed E-state index contributed by atoms with van der Waals surface area (Å²) >= 11 is 5.81. The van der Waals surface area contributed by atoms with Crippen LogP contribution in [0.15, 0.2) is 48.5 Å². The minimum atomic E-state index is -0.524. The van der Waals surface area contributed by atoms with Crippen LogP contribution in [0.1, 0.15) is 29.8 Å². The number of benzene rings is 2. The summed E-state index contributed by atoms with van der Waals surface area (Å²) in [6, 6.07) is 14.6. The van der Waals surface area contributed by atoms with Gasteiger partial charge >= 0.3 is 0 Å². The highest BCUT2D eigenvalue weighted by Crippen LogP contribution is 2.17. The van der Waals surface area contributed by atoms with E-state index in [9.17, 15) is 4.79 Å². The quantitative estimate of drug-likeness (QED) is 0.754. The molecule has 0 aliphatic heterocycles. The van der Waals surface area contributed by atoms with Crippen molar-refractivity contribution in [2.45, 2.75) is 26.4 Å². The van der Waals surface area contributed by atoms with Crippen molar-refractivity contribution in [1.82, 2.24) is 0 Å². The van der Waals surface area contributed by atoms with Gasteiger partial charge in [0.2, 0.25) is 5.78 Å². The Kier molecular flexibility index (Phi) is 4.80. The number of carbonyl (C=O) groups is 1. The van der Waals surface area contributed by atoms with Crippen molar-refractivity contribution < 1.29 is 9.53 Å². The number of ether oxygens (including phenoxy) is 1. The summed E-state index contributed by atoms with van der Waals surface area (Å²) in [5.41, 5.74) is 1.85. The SMILES string of the molecule is CCc1ccc(OC(C)C(=O)c2ccc(Cl)cc2)cc1. The molecular formula is C17H17ClO2. The second kappa shape index (κ2) is 6.58. The Morgan fingerprint density at radius 1 is 1.10 bits per heavy atom. The zero-order valence-electron chi connectivity index (χ0n) is 11.6. The van der Waals surface area contributed by atoms with E-state index in [1.807, 2.05) is 24.3 Å². The van der Waals surface area contributed by atoms with Gasteiger partial charge < -0.3 is 4.74 Å². The van der Waals surface area contributed by atoms with E-state index in [-0.39, 0.29) is 5.78 Å². The molecule has 104 valence electrons. The minimum absolute atomic E-state index is 0.0544. The lowest BCUT2D eigenvalue weighted by molar-refractivity contribution is 0.0818. The van der Waals surface area contributed by atoms with Gasteiger partial charge in [-0.3, -0.25) is 4.79 Å².